The molecule has 0 aliphatic carbocycles. The van der Waals surface area contributed by atoms with Crippen molar-refractivity contribution in [2.75, 3.05) is 7.05 Å². The van der Waals surface area contributed by atoms with Gasteiger partial charge in [-0.15, -0.1) is 12.4 Å². The molecule has 0 saturated heterocycles. The molecule has 0 saturated carbocycles. The molecule has 0 heterocycles. The van der Waals surface area contributed by atoms with E-state index in [0.717, 1.165) is 11.3 Å². The summed E-state index contributed by atoms with van der Waals surface area (Å²) in [5.41, 5.74) is 1.68. The molecule has 0 bridgehead atoms. The molecule has 1 atom stereocenters. The second kappa shape index (κ2) is 13.8. The molecule has 1 amide bonds. The minimum absolute atomic E-state index is 0. The maximum Gasteiger partial charge on any atom is 0.326 e. The quantitative estimate of drug-likeness (QED) is 0.428. The number of amides is 1. The number of aromatic hydroxyl groups is 1. The average Bonchev–Trinajstić information content (AvgIpc) is 2.70. The molecule has 0 aromatic heterocycles. The fourth-order valence-electron chi connectivity index (χ4n) is 2.31. The van der Waals surface area contributed by atoms with Crippen LogP contribution in [-0.4, -0.2) is 35.2 Å². The number of carboxylic acids is 1. The van der Waals surface area contributed by atoms with E-state index >= 15 is 0 Å². The standard InChI is InChI=1S/C16H13Cl2NO4.C6H13N.ClH.H2/c17-10-7-11(14(20)12(18)8-10)15(21)19-13(16(22)23)6-9-4-2-1-3-5-9;1-5(2)6(3)7-4;;/h1-5,7-8,13,20H,6H2,(H,19,21)(H,22,23);5,7H,3H2,1-2,4H3;2*1H/t13-;;;/m0.../s1. The van der Waals surface area contributed by atoms with Crippen molar-refractivity contribution < 1.29 is 21.2 Å². The highest BCUT2D eigenvalue weighted by atomic mass is 35.5. The predicted octanol–water partition coefficient (Wildman–Crippen LogP) is 5.17. The van der Waals surface area contributed by atoms with Gasteiger partial charge in [-0.1, -0.05) is 74.0 Å². The summed E-state index contributed by atoms with van der Waals surface area (Å²) in [4.78, 5) is 23.6. The van der Waals surface area contributed by atoms with Gasteiger partial charge in [0.25, 0.3) is 5.91 Å². The van der Waals surface area contributed by atoms with Gasteiger partial charge in [0.1, 0.15) is 11.8 Å². The highest BCUT2D eigenvalue weighted by Crippen LogP contribution is 2.31. The first kappa shape index (κ1) is 28.6. The summed E-state index contributed by atoms with van der Waals surface area (Å²) >= 11 is 11.6. The molecule has 4 N–H and O–H groups in total. The molecule has 0 aliphatic rings. The summed E-state index contributed by atoms with van der Waals surface area (Å²) < 4.78 is 0. The number of benzene rings is 2. The van der Waals surface area contributed by atoms with E-state index in [1.165, 1.54) is 12.1 Å². The Hall–Kier alpha value is -2.41. The Labute approximate surface area is 200 Å². The molecule has 0 spiro atoms. The zero-order valence-corrected chi connectivity index (χ0v) is 19.8. The van der Waals surface area contributed by atoms with Crippen LogP contribution in [0.25, 0.3) is 0 Å². The minimum Gasteiger partial charge on any atom is -0.506 e. The van der Waals surface area contributed by atoms with E-state index in [4.69, 9.17) is 23.2 Å². The number of phenolic OH excluding ortho intramolecular Hbond substituents is 1. The van der Waals surface area contributed by atoms with Gasteiger partial charge in [0.15, 0.2) is 0 Å². The molecule has 0 aliphatic heterocycles. The van der Waals surface area contributed by atoms with Gasteiger partial charge < -0.3 is 20.8 Å². The SMILES string of the molecule is C=C(NC)C(C)C.Cl.O=C(N[C@@H](Cc1ccccc1)C(=O)O)c1cc(Cl)cc(Cl)c1O.[HH]. The van der Waals surface area contributed by atoms with E-state index in [9.17, 15) is 19.8 Å². The number of carboxylic acid groups (broad SMARTS) is 1. The molecule has 31 heavy (non-hydrogen) atoms. The van der Waals surface area contributed by atoms with Crippen LogP contribution in [0.4, 0.5) is 0 Å². The third-order valence-corrected chi connectivity index (χ3v) is 4.68. The van der Waals surface area contributed by atoms with Crippen molar-refractivity contribution in [1.82, 2.24) is 10.6 Å². The lowest BCUT2D eigenvalue weighted by Crippen LogP contribution is -2.42. The molecule has 0 fully saturated rings. The number of carbonyl (C=O) groups excluding carboxylic acids is 1. The second-order valence-electron chi connectivity index (χ2n) is 6.77. The van der Waals surface area contributed by atoms with Crippen molar-refractivity contribution in [2.24, 2.45) is 5.92 Å². The summed E-state index contributed by atoms with van der Waals surface area (Å²) in [5.74, 6) is -1.84. The van der Waals surface area contributed by atoms with Gasteiger partial charge in [-0.05, 0) is 23.6 Å². The number of phenols is 1. The van der Waals surface area contributed by atoms with Crippen molar-refractivity contribution in [2.45, 2.75) is 26.3 Å². The number of allylic oxidation sites excluding steroid dienone is 1. The van der Waals surface area contributed by atoms with Crippen molar-refractivity contribution in [1.29, 1.82) is 0 Å². The van der Waals surface area contributed by atoms with Crippen LogP contribution in [0.5, 0.6) is 5.75 Å². The van der Waals surface area contributed by atoms with Crippen LogP contribution < -0.4 is 10.6 Å². The Morgan fingerprint density at radius 2 is 1.74 bits per heavy atom. The molecule has 2 aromatic rings. The van der Waals surface area contributed by atoms with E-state index in [2.05, 4.69) is 31.1 Å². The zero-order valence-electron chi connectivity index (χ0n) is 17.5. The zero-order chi connectivity index (χ0) is 22.8. The third-order valence-electron chi connectivity index (χ3n) is 4.18. The highest BCUT2D eigenvalue weighted by molar-refractivity contribution is 6.36. The number of rotatable bonds is 7. The van der Waals surface area contributed by atoms with Gasteiger partial charge in [0, 0.05) is 25.6 Å². The lowest BCUT2D eigenvalue weighted by atomic mass is 10.1. The summed E-state index contributed by atoms with van der Waals surface area (Å²) in [6.45, 7) is 7.98. The molecule has 2 aromatic carbocycles. The lowest BCUT2D eigenvalue weighted by molar-refractivity contribution is -0.139. The summed E-state index contributed by atoms with van der Waals surface area (Å²) in [5, 5.41) is 24.5. The third kappa shape index (κ3) is 9.51. The lowest BCUT2D eigenvalue weighted by Gasteiger charge is -2.15. The van der Waals surface area contributed by atoms with Crippen LogP contribution in [0.2, 0.25) is 10.0 Å². The average molecular weight is 492 g/mol. The van der Waals surface area contributed by atoms with Crippen molar-refractivity contribution in [3.05, 3.63) is 75.9 Å². The van der Waals surface area contributed by atoms with Gasteiger partial charge in [0.05, 0.1) is 10.6 Å². The first-order chi connectivity index (χ1) is 14.1. The molecule has 2 rings (SSSR count). The van der Waals surface area contributed by atoms with E-state index in [1.807, 2.05) is 13.1 Å². The molecule has 172 valence electrons. The molecule has 6 nitrogen and oxygen atoms in total. The fraction of sp³-hybridized carbons (Fsp3) is 0.273. The topological polar surface area (TPSA) is 98.7 Å². The van der Waals surface area contributed by atoms with Gasteiger partial charge >= 0.3 is 5.97 Å². The van der Waals surface area contributed by atoms with Crippen LogP contribution >= 0.6 is 35.6 Å². The van der Waals surface area contributed by atoms with Crippen LogP contribution in [0.1, 0.15) is 31.2 Å². The van der Waals surface area contributed by atoms with E-state index in [1.54, 1.807) is 24.3 Å². The predicted molar refractivity (Wildman–Crippen MR) is 130 cm³/mol. The Balaban J connectivity index is 0. The van der Waals surface area contributed by atoms with Gasteiger partial charge in [-0.3, -0.25) is 4.79 Å². The van der Waals surface area contributed by atoms with E-state index < -0.39 is 23.7 Å². The van der Waals surface area contributed by atoms with Crippen LogP contribution in [0, 0.1) is 5.92 Å². The first-order valence-electron chi connectivity index (χ1n) is 9.18. The first-order valence-corrected chi connectivity index (χ1v) is 9.94. The number of hydrogen-bond acceptors (Lipinski definition) is 4. The Bertz CT molecular complexity index is 896. The van der Waals surface area contributed by atoms with Crippen LogP contribution in [-0.2, 0) is 11.2 Å². The number of halogens is 3. The molecule has 0 radical (unpaired) electrons. The van der Waals surface area contributed by atoms with Crippen LogP contribution in [0.15, 0.2) is 54.7 Å². The van der Waals surface area contributed by atoms with E-state index in [0.29, 0.717) is 5.92 Å². The number of hydrogen-bond donors (Lipinski definition) is 4. The summed E-state index contributed by atoms with van der Waals surface area (Å²) in [7, 11) is 1.89. The Morgan fingerprint density at radius 3 is 2.19 bits per heavy atom. The minimum atomic E-state index is -1.19. The monoisotopic (exact) mass is 490 g/mol. The van der Waals surface area contributed by atoms with Crippen molar-refractivity contribution in [3.63, 3.8) is 0 Å². The fourth-order valence-corrected chi connectivity index (χ4v) is 2.81. The van der Waals surface area contributed by atoms with Gasteiger partial charge in [-0.2, -0.15) is 0 Å². The largest absolute Gasteiger partial charge is 0.506 e. The molecule has 9 heteroatoms. The smallest absolute Gasteiger partial charge is 0.326 e. The maximum atomic E-state index is 12.2. The second-order valence-corrected chi connectivity index (χ2v) is 7.61. The van der Waals surface area contributed by atoms with Gasteiger partial charge in [0.2, 0.25) is 0 Å². The van der Waals surface area contributed by atoms with Crippen molar-refractivity contribution >= 4 is 47.5 Å². The summed E-state index contributed by atoms with van der Waals surface area (Å²) in [6.07, 6.45) is 0.108. The Morgan fingerprint density at radius 1 is 1.16 bits per heavy atom. The summed E-state index contributed by atoms with van der Waals surface area (Å²) in [6, 6.07) is 10.2. The molecular formula is C22H29Cl3N2O4. The molecule has 0 unspecified atom stereocenters. The number of aliphatic carboxylic acids is 1. The Kier molecular flexibility index (Phi) is 12.7. The number of nitrogens with one attached hydrogen (secondary N) is 2. The normalized spacial score (nSPS) is 10.8. The molecular weight excluding hydrogens is 463 g/mol. The van der Waals surface area contributed by atoms with Gasteiger partial charge in [-0.25, -0.2) is 4.79 Å². The van der Waals surface area contributed by atoms with Crippen LogP contribution in [0.3, 0.4) is 0 Å². The van der Waals surface area contributed by atoms with Crippen molar-refractivity contribution in [3.8, 4) is 5.75 Å². The van der Waals surface area contributed by atoms with E-state index in [-0.39, 0.29) is 35.9 Å². The maximum absolute atomic E-state index is 12.2. The number of carbonyl (C=O) groups is 2. The highest BCUT2D eigenvalue weighted by Gasteiger charge is 2.23.